The van der Waals surface area contributed by atoms with Crippen molar-refractivity contribution in [2.45, 2.75) is 20.3 Å². The number of nitrogens with zero attached hydrogens (tertiary/aromatic N) is 2. The summed E-state index contributed by atoms with van der Waals surface area (Å²) in [5.41, 5.74) is 3.68. The predicted molar refractivity (Wildman–Crippen MR) is 106 cm³/mol. The van der Waals surface area contributed by atoms with Crippen molar-refractivity contribution in [3.8, 4) is 17.2 Å². The number of phenols is 1. The standard InChI is InChI=1S/C21H22N2O4/c1-5-14-6-8-16(9-7-14)23-21(25)17(13(2)22-23)10-15-11-18(26-3)20(24)19(12-15)27-4/h6-12,24H,5H2,1-4H3/b17-10+. The van der Waals surface area contributed by atoms with Gasteiger partial charge in [-0.15, -0.1) is 0 Å². The Balaban J connectivity index is 1.96. The van der Waals surface area contributed by atoms with E-state index in [1.807, 2.05) is 24.3 Å². The number of hydrogen-bond donors (Lipinski definition) is 1. The summed E-state index contributed by atoms with van der Waals surface area (Å²) in [6.07, 6.45) is 2.65. The van der Waals surface area contributed by atoms with Gasteiger partial charge in [0.1, 0.15) is 0 Å². The molecule has 1 N–H and O–H groups in total. The molecule has 0 bridgehead atoms. The van der Waals surface area contributed by atoms with Gasteiger partial charge in [-0.05, 0) is 54.8 Å². The SMILES string of the molecule is CCc1ccc(N2N=C(C)/C(=C\c3cc(OC)c(O)c(OC)c3)C2=O)cc1. The maximum Gasteiger partial charge on any atom is 0.280 e. The Morgan fingerprint density at radius 2 is 1.70 bits per heavy atom. The van der Waals surface area contributed by atoms with Crippen molar-refractivity contribution in [1.82, 2.24) is 0 Å². The fourth-order valence-electron chi connectivity index (χ4n) is 2.90. The van der Waals surface area contributed by atoms with Crippen LogP contribution in [-0.2, 0) is 11.2 Å². The summed E-state index contributed by atoms with van der Waals surface area (Å²) >= 11 is 0. The molecule has 1 heterocycles. The van der Waals surface area contributed by atoms with Gasteiger partial charge in [-0.2, -0.15) is 10.1 Å². The quantitative estimate of drug-likeness (QED) is 0.818. The van der Waals surface area contributed by atoms with Gasteiger partial charge in [0, 0.05) is 0 Å². The van der Waals surface area contributed by atoms with Crippen LogP contribution < -0.4 is 14.5 Å². The van der Waals surface area contributed by atoms with Gasteiger partial charge in [0.2, 0.25) is 5.75 Å². The molecule has 1 aliphatic rings. The highest BCUT2D eigenvalue weighted by Crippen LogP contribution is 2.38. The molecule has 0 radical (unpaired) electrons. The number of benzene rings is 2. The maximum absolute atomic E-state index is 12.9. The number of phenolic OH excluding ortho intramolecular Hbond substituents is 1. The molecule has 1 aliphatic heterocycles. The second-order valence-corrected chi connectivity index (χ2v) is 6.15. The topological polar surface area (TPSA) is 71.4 Å². The van der Waals surface area contributed by atoms with E-state index in [1.165, 1.54) is 24.8 Å². The van der Waals surface area contributed by atoms with Crippen LogP contribution in [0.2, 0.25) is 0 Å². The molecule has 3 rings (SSSR count). The molecule has 0 aromatic heterocycles. The van der Waals surface area contributed by atoms with E-state index < -0.39 is 0 Å². The first-order valence-electron chi connectivity index (χ1n) is 8.64. The molecule has 0 aliphatic carbocycles. The van der Waals surface area contributed by atoms with E-state index in [0.717, 1.165) is 12.1 Å². The summed E-state index contributed by atoms with van der Waals surface area (Å²) in [5.74, 6) is 0.257. The lowest BCUT2D eigenvalue weighted by molar-refractivity contribution is -0.114. The van der Waals surface area contributed by atoms with E-state index in [1.54, 1.807) is 25.1 Å². The lowest BCUT2D eigenvalue weighted by Crippen LogP contribution is -2.21. The van der Waals surface area contributed by atoms with Crippen LogP contribution in [0.5, 0.6) is 17.2 Å². The second-order valence-electron chi connectivity index (χ2n) is 6.15. The van der Waals surface area contributed by atoms with E-state index in [4.69, 9.17) is 9.47 Å². The Labute approximate surface area is 158 Å². The van der Waals surface area contributed by atoms with Crippen molar-refractivity contribution in [1.29, 1.82) is 0 Å². The molecule has 2 aromatic carbocycles. The van der Waals surface area contributed by atoms with Crippen LogP contribution in [0.15, 0.2) is 47.1 Å². The molecule has 1 amide bonds. The number of carbonyl (C=O) groups is 1. The zero-order chi connectivity index (χ0) is 19.6. The summed E-state index contributed by atoms with van der Waals surface area (Å²) in [5, 5.41) is 15.8. The molecular weight excluding hydrogens is 344 g/mol. The molecule has 2 aromatic rings. The van der Waals surface area contributed by atoms with Gasteiger partial charge in [-0.3, -0.25) is 4.79 Å². The molecule has 6 heteroatoms. The van der Waals surface area contributed by atoms with Gasteiger partial charge in [0.05, 0.1) is 31.2 Å². The van der Waals surface area contributed by atoms with Crippen LogP contribution in [0.25, 0.3) is 6.08 Å². The third-order valence-corrected chi connectivity index (χ3v) is 4.46. The number of rotatable bonds is 5. The highest BCUT2D eigenvalue weighted by molar-refractivity contribution is 6.32. The van der Waals surface area contributed by atoms with E-state index >= 15 is 0 Å². The largest absolute Gasteiger partial charge is 0.502 e. The average molecular weight is 366 g/mol. The molecule has 140 valence electrons. The smallest absolute Gasteiger partial charge is 0.280 e. The molecule has 0 unspecified atom stereocenters. The third kappa shape index (κ3) is 3.51. The number of aromatic hydroxyl groups is 1. The molecule has 27 heavy (non-hydrogen) atoms. The second kappa shape index (κ2) is 7.53. The third-order valence-electron chi connectivity index (χ3n) is 4.46. The lowest BCUT2D eigenvalue weighted by Gasteiger charge is -2.12. The summed E-state index contributed by atoms with van der Waals surface area (Å²) in [4.78, 5) is 12.9. The average Bonchev–Trinajstić information content (AvgIpc) is 2.97. The number of hydrogen-bond acceptors (Lipinski definition) is 5. The molecule has 6 nitrogen and oxygen atoms in total. The number of aryl methyl sites for hydroxylation is 1. The van der Waals surface area contributed by atoms with Gasteiger partial charge < -0.3 is 14.6 Å². The van der Waals surface area contributed by atoms with Crippen molar-refractivity contribution in [3.05, 3.63) is 53.1 Å². The van der Waals surface area contributed by atoms with Crippen LogP contribution in [-0.4, -0.2) is 30.9 Å². The van der Waals surface area contributed by atoms with Gasteiger partial charge in [0.15, 0.2) is 11.5 Å². The molecular formula is C21H22N2O4. The van der Waals surface area contributed by atoms with Crippen LogP contribution >= 0.6 is 0 Å². The Hall–Kier alpha value is -3.28. The number of methoxy groups -OCH3 is 2. The minimum absolute atomic E-state index is 0.0806. The first-order valence-corrected chi connectivity index (χ1v) is 8.64. The van der Waals surface area contributed by atoms with Gasteiger partial charge in [-0.25, -0.2) is 0 Å². The molecule has 0 spiro atoms. The normalized spacial score (nSPS) is 15.3. The molecule has 0 saturated heterocycles. The summed E-state index contributed by atoms with van der Waals surface area (Å²) in [6, 6.07) is 11.1. The van der Waals surface area contributed by atoms with Crippen molar-refractivity contribution in [2.75, 3.05) is 19.2 Å². The first-order chi connectivity index (χ1) is 13.0. The fraction of sp³-hybridized carbons (Fsp3) is 0.238. The van der Waals surface area contributed by atoms with E-state index in [-0.39, 0.29) is 23.2 Å². The monoisotopic (exact) mass is 366 g/mol. The van der Waals surface area contributed by atoms with Crippen molar-refractivity contribution in [2.24, 2.45) is 5.10 Å². The maximum atomic E-state index is 12.9. The lowest BCUT2D eigenvalue weighted by atomic mass is 10.1. The fourth-order valence-corrected chi connectivity index (χ4v) is 2.90. The first kappa shape index (κ1) is 18.5. The Kier molecular flexibility index (Phi) is 5.16. The minimum Gasteiger partial charge on any atom is -0.502 e. The zero-order valence-electron chi connectivity index (χ0n) is 15.8. The predicted octanol–water partition coefficient (Wildman–Crippen LogP) is 3.78. The number of anilines is 1. The van der Waals surface area contributed by atoms with Gasteiger partial charge in [-0.1, -0.05) is 19.1 Å². The van der Waals surface area contributed by atoms with Gasteiger partial charge >= 0.3 is 0 Å². The number of ether oxygens (including phenoxy) is 2. The molecule has 0 saturated carbocycles. The molecule has 0 fully saturated rings. The van der Waals surface area contributed by atoms with Gasteiger partial charge in [0.25, 0.3) is 5.91 Å². The Bertz CT molecular complexity index is 905. The summed E-state index contributed by atoms with van der Waals surface area (Å²) in [7, 11) is 2.92. The Morgan fingerprint density at radius 1 is 1.11 bits per heavy atom. The van der Waals surface area contributed by atoms with E-state index in [9.17, 15) is 9.90 Å². The van der Waals surface area contributed by atoms with E-state index in [2.05, 4.69) is 12.0 Å². The van der Waals surface area contributed by atoms with Crippen molar-refractivity contribution >= 4 is 23.4 Å². The number of hydrazone groups is 1. The summed E-state index contributed by atoms with van der Waals surface area (Å²) < 4.78 is 10.3. The van der Waals surface area contributed by atoms with Crippen molar-refractivity contribution in [3.63, 3.8) is 0 Å². The highest BCUT2D eigenvalue weighted by atomic mass is 16.5. The van der Waals surface area contributed by atoms with Crippen LogP contribution in [0.1, 0.15) is 25.0 Å². The van der Waals surface area contributed by atoms with Crippen LogP contribution in [0.3, 0.4) is 0 Å². The number of carbonyl (C=O) groups excluding carboxylic acids is 1. The number of amides is 1. The van der Waals surface area contributed by atoms with Crippen LogP contribution in [0.4, 0.5) is 5.69 Å². The Morgan fingerprint density at radius 3 is 2.22 bits per heavy atom. The highest BCUT2D eigenvalue weighted by Gasteiger charge is 2.28. The molecule has 0 atom stereocenters. The zero-order valence-corrected chi connectivity index (χ0v) is 15.8. The van der Waals surface area contributed by atoms with Crippen LogP contribution in [0, 0.1) is 0 Å². The van der Waals surface area contributed by atoms with E-state index in [0.29, 0.717) is 16.8 Å². The summed E-state index contributed by atoms with van der Waals surface area (Å²) in [6.45, 7) is 3.87. The van der Waals surface area contributed by atoms with Crippen molar-refractivity contribution < 1.29 is 19.4 Å². The minimum atomic E-state index is -0.206.